The largest absolute Gasteiger partial charge is 0.369 e. The molecule has 194 valence electrons. The summed E-state index contributed by atoms with van der Waals surface area (Å²) < 4.78 is 28.2. The zero-order chi connectivity index (χ0) is 26.5. The fourth-order valence-electron chi connectivity index (χ4n) is 4.82. The van der Waals surface area contributed by atoms with Gasteiger partial charge in [0, 0.05) is 24.3 Å². The van der Waals surface area contributed by atoms with Gasteiger partial charge in [-0.25, -0.2) is 13.6 Å². The van der Waals surface area contributed by atoms with Crippen LogP contribution in [0.1, 0.15) is 43.1 Å². The number of nitrogens with one attached hydrogen (secondary N) is 3. The van der Waals surface area contributed by atoms with E-state index in [4.69, 9.17) is 0 Å². The molecule has 0 aliphatic carbocycles. The Labute approximate surface area is 216 Å². The molecule has 0 radical (unpaired) electrons. The van der Waals surface area contributed by atoms with Crippen LogP contribution >= 0.6 is 0 Å². The highest BCUT2D eigenvalue weighted by Gasteiger charge is 2.25. The summed E-state index contributed by atoms with van der Waals surface area (Å²) in [7, 11) is 0. The monoisotopic (exact) mass is 506 g/mol. The number of halogens is 2. The summed E-state index contributed by atoms with van der Waals surface area (Å²) in [6.07, 6.45) is 2.00. The van der Waals surface area contributed by atoms with Crippen LogP contribution < -0.4 is 20.9 Å². The van der Waals surface area contributed by atoms with Crippen LogP contribution in [-0.2, 0) is 6.42 Å². The van der Waals surface area contributed by atoms with Gasteiger partial charge in [0.05, 0.1) is 11.4 Å². The lowest BCUT2D eigenvalue weighted by atomic mass is 9.91. The predicted molar refractivity (Wildman–Crippen MR) is 144 cm³/mol. The van der Waals surface area contributed by atoms with Gasteiger partial charge in [0.15, 0.2) is 0 Å². The molecule has 1 heterocycles. The van der Waals surface area contributed by atoms with Crippen LogP contribution in [-0.4, -0.2) is 25.0 Å². The number of anilines is 4. The van der Waals surface area contributed by atoms with E-state index in [9.17, 15) is 18.4 Å². The first-order chi connectivity index (χ1) is 17.7. The third kappa shape index (κ3) is 6.44. The lowest BCUT2D eigenvalue weighted by Crippen LogP contribution is -2.39. The molecule has 1 fully saturated rings. The van der Waals surface area contributed by atoms with E-state index >= 15 is 0 Å². The van der Waals surface area contributed by atoms with Crippen LogP contribution in [0.25, 0.3) is 0 Å². The maximum absolute atomic E-state index is 14.1. The second-order valence-electron chi connectivity index (χ2n) is 9.76. The fourth-order valence-corrected chi connectivity index (χ4v) is 4.82. The Balaban J connectivity index is 1.61. The molecule has 3 N–H and O–H groups in total. The third-order valence-electron chi connectivity index (χ3n) is 6.54. The minimum Gasteiger partial charge on any atom is -0.369 e. The number of para-hydroxylation sites is 1. The first-order valence-electron chi connectivity index (χ1n) is 12.5. The minimum absolute atomic E-state index is 0.334. The van der Waals surface area contributed by atoms with E-state index in [1.807, 2.05) is 24.3 Å². The number of benzene rings is 3. The molecular weight excluding hydrogens is 474 g/mol. The maximum Gasteiger partial charge on any atom is 0.323 e. The van der Waals surface area contributed by atoms with Gasteiger partial charge < -0.3 is 20.9 Å². The highest BCUT2D eigenvalue weighted by molar-refractivity contribution is 6.07. The van der Waals surface area contributed by atoms with Gasteiger partial charge in [-0.1, -0.05) is 39.0 Å². The topological polar surface area (TPSA) is 73.5 Å². The molecule has 3 aromatic carbocycles. The summed E-state index contributed by atoms with van der Waals surface area (Å²) in [4.78, 5) is 28.0. The van der Waals surface area contributed by atoms with Crippen molar-refractivity contribution >= 4 is 34.7 Å². The number of carbonyl (C=O) groups excluding carboxylic acids is 2. The summed E-state index contributed by atoms with van der Waals surface area (Å²) in [5.74, 6) is -1.19. The van der Waals surface area contributed by atoms with E-state index in [1.165, 1.54) is 6.07 Å². The lowest BCUT2D eigenvalue weighted by molar-refractivity contribution is 0.102. The maximum atomic E-state index is 14.1. The van der Waals surface area contributed by atoms with Crippen molar-refractivity contribution in [2.45, 2.75) is 33.6 Å². The van der Waals surface area contributed by atoms with E-state index in [0.717, 1.165) is 49.3 Å². The first-order valence-corrected chi connectivity index (χ1v) is 12.5. The van der Waals surface area contributed by atoms with Crippen molar-refractivity contribution in [3.05, 3.63) is 83.4 Å². The second-order valence-corrected chi connectivity index (χ2v) is 9.76. The van der Waals surface area contributed by atoms with E-state index in [1.54, 1.807) is 18.2 Å². The summed E-state index contributed by atoms with van der Waals surface area (Å²) in [5.41, 5.74) is 2.75. The van der Waals surface area contributed by atoms with Crippen molar-refractivity contribution < 1.29 is 18.4 Å². The van der Waals surface area contributed by atoms with Crippen LogP contribution in [0.15, 0.2) is 60.7 Å². The molecule has 1 aliphatic rings. The Kier molecular flexibility index (Phi) is 8.06. The number of hydrogen-bond donors (Lipinski definition) is 3. The van der Waals surface area contributed by atoms with Gasteiger partial charge in [0.25, 0.3) is 5.91 Å². The van der Waals surface area contributed by atoms with Crippen molar-refractivity contribution in [3.63, 3.8) is 0 Å². The number of amides is 3. The van der Waals surface area contributed by atoms with Crippen LogP contribution in [0.2, 0.25) is 0 Å². The summed E-state index contributed by atoms with van der Waals surface area (Å²) >= 11 is 0. The number of urea groups is 1. The van der Waals surface area contributed by atoms with Gasteiger partial charge >= 0.3 is 6.03 Å². The standard InChI is InChI=1S/C29H32F2N4O2/c1-4-20-8-11-22(12-9-20)32-28(36)21-10-13-26(35-16-18(2)14-19(3)17-35)25(15-21)33-29(37)34-27-23(30)6-5-7-24(27)31/h5-13,15,18-19H,4,14,16-17H2,1-3H3,(H,32,36)(H2,33,34,37). The normalized spacial score (nSPS) is 17.3. The molecule has 1 saturated heterocycles. The molecule has 2 atom stereocenters. The Morgan fingerprint density at radius 1 is 0.892 bits per heavy atom. The Bertz CT molecular complexity index is 1250. The number of aryl methyl sites for hydroxylation is 1. The first kappa shape index (κ1) is 26.1. The summed E-state index contributed by atoms with van der Waals surface area (Å²) in [5, 5.41) is 7.84. The quantitative estimate of drug-likeness (QED) is 0.340. The van der Waals surface area contributed by atoms with Gasteiger partial charge in [-0.2, -0.15) is 0 Å². The van der Waals surface area contributed by atoms with Crippen molar-refractivity contribution in [1.29, 1.82) is 0 Å². The Hall–Kier alpha value is -3.94. The van der Waals surface area contributed by atoms with Crippen molar-refractivity contribution in [3.8, 4) is 0 Å². The SMILES string of the molecule is CCc1ccc(NC(=O)c2ccc(N3CC(C)CC(C)C3)c(NC(=O)Nc3c(F)cccc3F)c2)cc1. The summed E-state index contributed by atoms with van der Waals surface area (Å²) in [6.45, 7) is 7.99. The number of carbonyl (C=O) groups is 2. The molecule has 6 nitrogen and oxygen atoms in total. The van der Waals surface area contributed by atoms with E-state index < -0.39 is 23.4 Å². The molecule has 8 heteroatoms. The molecule has 0 aromatic heterocycles. The summed E-state index contributed by atoms with van der Waals surface area (Å²) in [6, 6.07) is 15.3. The second kappa shape index (κ2) is 11.4. The highest BCUT2D eigenvalue weighted by atomic mass is 19.1. The number of nitrogens with zero attached hydrogens (tertiary/aromatic N) is 1. The van der Waals surface area contributed by atoms with Crippen molar-refractivity contribution in [2.24, 2.45) is 11.8 Å². The molecule has 0 saturated carbocycles. The van der Waals surface area contributed by atoms with Gasteiger partial charge in [0.2, 0.25) is 0 Å². The fraction of sp³-hybridized carbons (Fsp3) is 0.310. The average molecular weight is 507 g/mol. The zero-order valence-corrected chi connectivity index (χ0v) is 21.3. The molecule has 1 aliphatic heterocycles. The molecule has 3 amide bonds. The van der Waals surface area contributed by atoms with E-state index in [0.29, 0.717) is 28.8 Å². The van der Waals surface area contributed by atoms with Gasteiger partial charge in [-0.3, -0.25) is 4.79 Å². The van der Waals surface area contributed by atoms with Crippen molar-refractivity contribution in [2.75, 3.05) is 33.9 Å². The highest BCUT2D eigenvalue weighted by Crippen LogP contribution is 2.33. The lowest BCUT2D eigenvalue weighted by Gasteiger charge is -2.37. The van der Waals surface area contributed by atoms with Crippen LogP contribution in [0.4, 0.5) is 36.3 Å². The molecular formula is C29H32F2N4O2. The number of piperidine rings is 1. The average Bonchev–Trinajstić information content (AvgIpc) is 2.86. The van der Waals surface area contributed by atoms with Crippen LogP contribution in [0.5, 0.6) is 0 Å². The molecule has 3 aromatic rings. The third-order valence-corrected chi connectivity index (χ3v) is 6.54. The zero-order valence-electron chi connectivity index (χ0n) is 21.3. The predicted octanol–water partition coefficient (Wildman–Crippen LogP) is 6.91. The Morgan fingerprint density at radius 2 is 1.54 bits per heavy atom. The van der Waals surface area contributed by atoms with E-state index in [-0.39, 0.29) is 5.91 Å². The minimum atomic E-state index is -0.878. The Morgan fingerprint density at radius 3 is 2.16 bits per heavy atom. The molecule has 4 rings (SSSR count). The van der Waals surface area contributed by atoms with Gasteiger partial charge in [-0.05, 0) is 72.7 Å². The van der Waals surface area contributed by atoms with Crippen LogP contribution in [0, 0.1) is 23.5 Å². The number of rotatable bonds is 6. The molecule has 0 bridgehead atoms. The van der Waals surface area contributed by atoms with E-state index in [2.05, 4.69) is 41.6 Å². The van der Waals surface area contributed by atoms with Gasteiger partial charge in [-0.15, -0.1) is 0 Å². The molecule has 0 spiro atoms. The smallest absolute Gasteiger partial charge is 0.323 e. The molecule has 37 heavy (non-hydrogen) atoms. The van der Waals surface area contributed by atoms with Crippen LogP contribution in [0.3, 0.4) is 0 Å². The number of hydrogen-bond acceptors (Lipinski definition) is 3. The van der Waals surface area contributed by atoms with Gasteiger partial charge in [0.1, 0.15) is 17.3 Å². The molecule has 2 unspecified atom stereocenters. The van der Waals surface area contributed by atoms with Crippen molar-refractivity contribution in [1.82, 2.24) is 0 Å².